The first-order valence-electron chi connectivity index (χ1n) is 8.02. The maximum Gasteiger partial charge on any atom is 0.330 e. The summed E-state index contributed by atoms with van der Waals surface area (Å²) in [5, 5.41) is 18.7. The molecule has 0 bridgehead atoms. The molecule has 2 unspecified atom stereocenters. The SMILES string of the molecule is C/C=C/CCC(C)(C(=O)O)C(=O)OC(=O)C(C)(CC/C=C/C)C(=O)O. The lowest BCUT2D eigenvalue weighted by Crippen LogP contribution is -2.44. The third kappa shape index (κ3) is 5.85. The van der Waals surface area contributed by atoms with E-state index in [1.54, 1.807) is 38.2 Å². The van der Waals surface area contributed by atoms with Crippen LogP contribution in [0.3, 0.4) is 0 Å². The molecule has 140 valence electrons. The van der Waals surface area contributed by atoms with Gasteiger partial charge in [-0.2, -0.15) is 0 Å². The van der Waals surface area contributed by atoms with E-state index < -0.39 is 34.7 Å². The van der Waals surface area contributed by atoms with Crippen molar-refractivity contribution in [1.29, 1.82) is 0 Å². The summed E-state index contributed by atoms with van der Waals surface area (Å²) in [5.74, 6) is -5.37. The van der Waals surface area contributed by atoms with Crippen LogP contribution in [0.4, 0.5) is 0 Å². The third-order valence-electron chi connectivity index (χ3n) is 4.12. The molecule has 0 aromatic rings. The molecular weight excluding hydrogens is 328 g/mol. The number of rotatable bonds is 10. The number of carboxylic acid groups (broad SMARTS) is 2. The van der Waals surface area contributed by atoms with Gasteiger partial charge in [-0.3, -0.25) is 19.2 Å². The minimum absolute atomic E-state index is 0.0683. The number of aliphatic carboxylic acids is 2. The lowest BCUT2D eigenvalue weighted by molar-refractivity contribution is -0.181. The summed E-state index contributed by atoms with van der Waals surface area (Å²) >= 11 is 0. The average Bonchev–Trinajstić information content (AvgIpc) is 2.54. The Bertz CT molecular complexity index is 526. The average molecular weight is 354 g/mol. The van der Waals surface area contributed by atoms with Gasteiger partial charge in [0.25, 0.3) is 0 Å². The molecule has 0 saturated heterocycles. The van der Waals surface area contributed by atoms with Crippen LogP contribution in [0.25, 0.3) is 0 Å². The second-order valence-corrected chi connectivity index (χ2v) is 6.17. The molecule has 2 N–H and O–H groups in total. The van der Waals surface area contributed by atoms with Gasteiger partial charge in [-0.25, -0.2) is 0 Å². The lowest BCUT2D eigenvalue weighted by Gasteiger charge is -2.25. The molecule has 0 aliphatic heterocycles. The molecule has 0 aliphatic carbocycles. The van der Waals surface area contributed by atoms with Crippen LogP contribution in [0.5, 0.6) is 0 Å². The topological polar surface area (TPSA) is 118 Å². The molecular formula is C18H26O7. The standard InChI is InChI=1S/C18H26O7/c1-5-7-9-11-17(3,13(19)20)15(23)25-16(24)18(4,14(21)22)12-10-8-6-2/h5-8H,9-12H2,1-4H3,(H,19,20)(H,21,22)/b7-5+,8-6+. The number of carboxylic acids is 2. The van der Waals surface area contributed by atoms with Gasteiger partial charge in [-0.1, -0.05) is 24.3 Å². The Hall–Kier alpha value is -2.44. The predicted octanol–water partition coefficient (Wildman–Crippen LogP) is 2.95. The normalized spacial score (nSPS) is 16.3. The molecule has 0 aliphatic rings. The van der Waals surface area contributed by atoms with E-state index in [-0.39, 0.29) is 12.8 Å². The molecule has 7 heteroatoms. The van der Waals surface area contributed by atoms with E-state index in [1.165, 1.54) is 0 Å². The summed E-state index contributed by atoms with van der Waals surface area (Å²) in [6, 6.07) is 0. The molecule has 0 rings (SSSR count). The summed E-state index contributed by atoms with van der Waals surface area (Å²) in [6.45, 7) is 5.82. The molecule has 0 aromatic carbocycles. The fourth-order valence-corrected chi connectivity index (χ4v) is 1.98. The second-order valence-electron chi connectivity index (χ2n) is 6.17. The van der Waals surface area contributed by atoms with Crippen molar-refractivity contribution in [3.8, 4) is 0 Å². The zero-order valence-corrected chi connectivity index (χ0v) is 15.1. The molecule has 25 heavy (non-hydrogen) atoms. The number of ether oxygens (including phenoxy) is 1. The second kappa shape index (κ2) is 9.76. The Kier molecular flexibility index (Phi) is 8.81. The smallest absolute Gasteiger partial charge is 0.330 e. The fraction of sp³-hybridized carbons (Fsp3) is 0.556. The van der Waals surface area contributed by atoms with Crippen LogP contribution in [0.15, 0.2) is 24.3 Å². The maximum atomic E-state index is 12.3. The minimum atomic E-state index is -1.93. The van der Waals surface area contributed by atoms with Crippen LogP contribution in [0.2, 0.25) is 0 Å². The Balaban J connectivity index is 5.33. The van der Waals surface area contributed by atoms with Gasteiger partial charge in [0, 0.05) is 0 Å². The molecule has 0 saturated carbocycles. The Labute approximate surface area is 147 Å². The highest BCUT2D eigenvalue weighted by atomic mass is 16.6. The first-order chi connectivity index (χ1) is 11.6. The third-order valence-corrected chi connectivity index (χ3v) is 4.12. The number of carbonyl (C=O) groups is 4. The number of carbonyl (C=O) groups excluding carboxylic acids is 2. The van der Waals surface area contributed by atoms with Crippen molar-refractivity contribution in [2.24, 2.45) is 10.8 Å². The van der Waals surface area contributed by atoms with Crippen molar-refractivity contribution in [2.45, 2.75) is 53.4 Å². The molecule has 0 aromatic heterocycles. The van der Waals surface area contributed by atoms with Crippen molar-refractivity contribution in [3.05, 3.63) is 24.3 Å². The van der Waals surface area contributed by atoms with E-state index in [9.17, 15) is 29.4 Å². The zero-order valence-electron chi connectivity index (χ0n) is 15.1. The molecule has 0 fully saturated rings. The Morgan fingerprint density at radius 1 is 0.800 bits per heavy atom. The number of hydrogen-bond acceptors (Lipinski definition) is 5. The quantitative estimate of drug-likeness (QED) is 0.352. The Morgan fingerprint density at radius 2 is 1.12 bits per heavy atom. The van der Waals surface area contributed by atoms with Crippen molar-refractivity contribution >= 4 is 23.9 Å². The number of allylic oxidation sites excluding steroid dienone is 4. The largest absolute Gasteiger partial charge is 0.480 e. The highest BCUT2D eigenvalue weighted by molar-refractivity contribution is 6.07. The minimum Gasteiger partial charge on any atom is -0.480 e. The van der Waals surface area contributed by atoms with Gasteiger partial charge in [-0.05, 0) is 53.4 Å². The maximum absolute atomic E-state index is 12.3. The van der Waals surface area contributed by atoms with Gasteiger partial charge in [0.05, 0.1) is 0 Å². The summed E-state index contributed by atoms with van der Waals surface area (Å²) in [7, 11) is 0. The van der Waals surface area contributed by atoms with Crippen LogP contribution < -0.4 is 0 Å². The first kappa shape index (κ1) is 22.6. The fourth-order valence-electron chi connectivity index (χ4n) is 1.98. The van der Waals surface area contributed by atoms with E-state index in [0.717, 1.165) is 13.8 Å². The van der Waals surface area contributed by atoms with Crippen LogP contribution in [-0.4, -0.2) is 34.1 Å². The van der Waals surface area contributed by atoms with Crippen LogP contribution in [0.1, 0.15) is 53.4 Å². The molecule has 0 radical (unpaired) electrons. The molecule has 2 atom stereocenters. The van der Waals surface area contributed by atoms with Crippen molar-refractivity contribution < 1.29 is 34.1 Å². The highest BCUT2D eigenvalue weighted by Gasteiger charge is 2.48. The molecule has 7 nitrogen and oxygen atoms in total. The molecule has 0 amide bonds. The highest BCUT2D eigenvalue weighted by Crippen LogP contribution is 2.30. The van der Waals surface area contributed by atoms with Crippen LogP contribution >= 0.6 is 0 Å². The van der Waals surface area contributed by atoms with E-state index in [0.29, 0.717) is 12.8 Å². The van der Waals surface area contributed by atoms with E-state index in [1.807, 2.05) is 0 Å². The summed E-state index contributed by atoms with van der Waals surface area (Å²) in [4.78, 5) is 47.5. The van der Waals surface area contributed by atoms with Crippen LogP contribution in [-0.2, 0) is 23.9 Å². The van der Waals surface area contributed by atoms with Gasteiger partial charge >= 0.3 is 23.9 Å². The van der Waals surface area contributed by atoms with Crippen molar-refractivity contribution in [2.75, 3.05) is 0 Å². The van der Waals surface area contributed by atoms with Crippen molar-refractivity contribution in [1.82, 2.24) is 0 Å². The van der Waals surface area contributed by atoms with Gasteiger partial charge in [0.2, 0.25) is 0 Å². The summed E-state index contributed by atoms with van der Waals surface area (Å²) in [5.41, 5.74) is -3.87. The lowest BCUT2D eigenvalue weighted by atomic mass is 9.84. The van der Waals surface area contributed by atoms with Crippen LogP contribution in [0, 0.1) is 10.8 Å². The monoisotopic (exact) mass is 354 g/mol. The Morgan fingerprint density at radius 3 is 1.36 bits per heavy atom. The zero-order chi connectivity index (χ0) is 19.7. The summed E-state index contributed by atoms with van der Waals surface area (Å²) in [6.07, 6.45) is 7.27. The van der Waals surface area contributed by atoms with E-state index >= 15 is 0 Å². The molecule has 0 heterocycles. The van der Waals surface area contributed by atoms with Crippen molar-refractivity contribution in [3.63, 3.8) is 0 Å². The van der Waals surface area contributed by atoms with Gasteiger partial charge < -0.3 is 14.9 Å². The number of hydrogen-bond donors (Lipinski definition) is 2. The van der Waals surface area contributed by atoms with Gasteiger partial charge in [-0.15, -0.1) is 0 Å². The number of esters is 2. The van der Waals surface area contributed by atoms with Gasteiger partial charge in [0.1, 0.15) is 0 Å². The molecule has 0 spiro atoms. The van der Waals surface area contributed by atoms with E-state index in [4.69, 9.17) is 0 Å². The first-order valence-corrected chi connectivity index (χ1v) is 8.02. The van der Waals surface area contributed by atoms with Gasteiger partial charge in [0.15, 0.2) is 10.8 Å². The van der Waals surface area contributed by atoms with E-state index in [2.05, 4.69) is 4.74 Å². The summed E-state index contributed by atoms with van der Waals surface area (Å²) < 4.78 is 4.68. The predicted molar refractivity (Wildman–Crippen MR) is 90.7 cm³/mol.